The Balaban J connectivity index is 2.70. The largest absolute Gasteiger partial charge is 0.383 e. The molecule has 0 heterocycles. The Morgan fingerprint density at radius 1 is 1.12 bits per heavy atom. The van der Waals surface area contributed by atoms with Crippen molar-refractivity contribution in [2.24, 2.45) is 0 Å². The number of hydrogen-bond acceptors (Lipinski definition) is 4. The van der Waals surface area contributed by atoms with Crippen LogP contribution in [0.3, 0.4) is 0 Å². The highest BCUT2D eigenvalue weighted by atomic mass is 16.5. The summed E-state index contributed by atoms with van der Waals surface area (Å²) in [5.74, 6) is -0.189. The number of carbonyl (C=O) groups excluding carboxylic acids is 2. The van der Waals surface area contributed by atoms with Crippen LogP contribution in [0, 0.1) is 0 Å². The molecule has 2 N–H and O–H groups in total. The quantitative estimate of drug-likeness (QED) is 0.558. The fourth-order valence-corrected chi connectivity index (χ4v) is 2.66. The number of ether oxygens (including phenoxy) is 1. The zero-order chi connectivity index (χ0) is 19.4. The van der Waals surface area contributed by atoms with Gasteiger partial charge >= 0.3 is 0 Å². The van der Waals surface area contributed by atoms with E-state index in [-0.39, 0.29) is 11.8 Å². The van der Waals surface area contributed by atoms with Crippen molar-refractivity contribution in [1.29, 1.82) is 0 Å². The van der Waals surface area contributed by atoms with Crippen LogP contribution < -0.4 is 15.5 Å². The van der Waals surface area contributed by atoms with Crippen LogP contribution in [0.2, 0.25) is 0 Å². The van der Waals surface area contributed by atoms with Gasteiger partial charge in [-0.25, -0.2) is 0 Å². The molecule has 26 heavy (non-hydrogen) atoms. The Kier molecular flexibility index (Phi) is 10.4. The van der Waals surface area contributed by atoms with E-state index in [1.807, 2.05) is 31.1 Å². The Hall–Kier alpha value is -2.08. The Morgan fingerprint density at radius 2 is 1.85 bits per heavy atom. The second-order valence-electron chi connectivity index (χ2n) is 6.59. The van der Waals surface area contributed by atoms with E-state index in [2.05, 4.69) is 17.6 Å². The maximum Gasteiger partial charge on any atom is 0.253 e. The predicted molar refractivity (Wildman–Crippen MR) is 107 cm³/mol. The molecule has 0 saturated carbocycles. The molecule has 2 amide bonds. The van der Waals surface area contributed by atoms with Crippen LogP contribution >= 0.6 is 0 Å². The maximum absolute atomic E-state index is 12.4. The monoisotopic (exact) mass is 363 g/mol. The summed E-state index contributed by atoms with van der Waals surface area (Å²) in [4.78, 5) is 26.4. The van der Waals surface area contributed by atoms with Gasteiger partial charge < -0.3 is 20.3 Å². The van der Waals surface area contributed by atoms with Gasteiger partial charge in [0.25, 0.3) is 5.91 Å². The van der Waals surface area contributed by atoms with Gasteiger partial charge in [0.1, 0.15) is 0 Å². The lowest BCUT2D eigenvalue weighted by molar-refractivity contribution is -0.116. The Labute approximate surface area is 157 Å². The van der Waals surface area contributed by atoms with Crippen LogP contribution in [0.15, 0.2) is 18.2 Å². The summed E-state index contributed by atoms with van der Waals surface area (Å²) in [5, 5.41) is 5.73. The fourth-order valence-electron chi connectivity index (χ4n) is 2.66. The van der Waals surface area contributed by atoms with Gasteiger partial charge in [0.15, 0.2) is 0 Å². The molecule has 0 bridgehead atoms. The average molecular weight is 364 g/mol. The second-order valence-corrected chi connectivity index (χ2v) is 6.59. The van der Waals surface area contributed by atoms with Gasteiger partial charge in [0.05, 0.1) is 12.2 Å². The standard InChI is InChI=1S/C20H33N3O3/c1-5-6-7-8-9-10-19(24)22-16-11-12-18(23(2)3)17(15-16)20(25)21-13-14-26-4/h11-12,15H,5-10,13-14H2,1-4H3,(H,21,25)(H,22,24). The lowest BCUT2D eigenvalue weighted by Crippen LogP contribution is -2.28. The number of rotatable bonds is 12. The van der Waals surface area contributed by atoms with Gasteiger partial charge in [0.2, 0.25) is 5.91 Å². The first-order valence-electron chi connectivity index (χ1n) is 9.38. The molecule has 6 heteroatoms. The van der Waals surface area contributed by atoms with E-state index in [9.17, 15) is 9.59 Å². The van der Waals surface area contributed by atoms with Crippen LogP contribution in [0.5, 0.6) is 0 Å². The summed E-state index contributed by atoms with van der Waals surface area (Å²) >= 11 is 0. The van der Waals surface area contributed by atoms with E-state index in [1.54, 1.807) is 13.2 Å². The fraction of sp³-hybridized carbons (Fsp3) is 0.600. The summed E-state index contributed by atoms with van der Waals surface area (Å²) in [5.41, 5.74) is 1.98. The lowest BCUT2D eigenvalue weighted by atomic mass is 10.1. The van der Waals surface area contributed by atoms with E-state index < -0.39 is 0 Å². The summed E-state index contributed by atoms with van der Waals surface area (Å²) < 4.78 is 4.96. The molecule has 0 unspecified atom stereocenters. The number of nitrogens with one attached hydrogen (secondary N) is 2. The minimum Gasteiger partial charge on any atom is -0.383 e. The molecule has 0 aliphatic heterocycles. The summed E-state index contributed by atoms with van der Waals surface area (Å²) in [7, 11) is 5.36. The van der Waals surface area contributed by atoms with Crippen molar-refractivity contribution in [2.45, 2.75) is 45.4 Å². The second kappa shape index (κ2) is 12.3. The molecular formula is C20H33N3O3. The topological polar surface area (TPSA) is 70.7 Å². The van der Waals surface area contributed by atoms with Gasteiger partial charge in [0, 0.05) is 45.5 Å². The SMILES string of the molecule is CCCCCCCC(=O)Nc1ccc(N(C)C)c(C(=O)NCCOC)c1. The first kappa shape index (κ1) is 22.0. The molecule has 1 rings (SSSR count). The van der Waals surface area contributed by atoms with Crippen LogP contribution in [0.1, 0.15) is 55.8 Å². The van der Waals surface area contributed by atoms with Crippen LogP contribution in [0.4, 0.5) is 11.4 Å². The highest BCUT2D eigenvalue weighted by molar-refractivity contribution is 6.02. The normalized spacial score (nSPS) is 10.5. The smallest absolute Gasteiger partial charge is 0.253 e. The van der Waals surface area contributed by atoms with E-state index in [0.717, 1.165) is 18.5 Å². The predicted octanol–water partition coefficient (Wildman–Crippen LogP) is 3.43. The Morgan fingerprint density at radius 3 is 2.50 bits per heavy atom. The number of nitrogens with zero attached hydrogens (tertiary/aromatic N) is 1. The molecule has 0 fully saturated rings. The van der Waals surface area contributed by atoms with E-state index in [4.69, 9.17) is 4.74 Å². The van der Waals surface area contributed by atoms with Crippen molar-refractivity contribution in [3.63, 3.8) is 0 Å². The molecule has 0 aliphatic carbocycles. The van der Waals surface area contributed by atoms with Gasteiger partial charge in [-0.3, -0.25) is 9.59 Å². The number of anilines is 2. The van der Waals surface area contributed by atoms with Crippen molar-refractivity contribution in [2.75, 3.05) is 44.6 Å². The molecule has 0 atom stereocenters. The zero-order valence-electron chi connectivity index (χ0n) is 16.6. The first-order valence-corrected chi connectivity index (χ1v) is 9.38. The molecule has 1 aromatic rings. The minimum absolute atomic E-state index is 0.00940. The van der Waals surface area contributed by atoms with Crippen molar-refractivity contribution in [3.05, 3.63) is 23.8 Å². The third-order valence-electron chi connectivity index (χ3n) is 4.11. The summed E-state index contributed by atoms with van der Waals surface area (Å²) in [6.45, 7) is 3.07. The first-order chi connectivity index (χ1) is 12.5. The van der Waals surface area contributed by atoms with Crippen molar-refractivity contribution < 1.29 is 14.3 Å². The molecule has 0 spiro atoms. The van der Waals surface area contributed by atoms with Crippen molar-refractivity contribution in [1.82, 2.24) is 5.32 Å². The molecule has 0 aliphatic rings. The van der Waals surface area contributed by atoms with Gasteiger partial charge in [-0.05, 0) is 24.6 Å². The molecule has 1 aromatic carbocycles. The lowest BCUT2D eigenvalue weighted by Gasteiger charge is -2.18. The van der Waals surface area contributed by atoms with Crippen LogP contribution in [-0.4, -0.2) is 46.2 Å². The summed E-state index contributed by atoms with van der Waals surface area (Å²) in [6.07, 6.45) is 6.07. The molecule has 146 valence electrons. The number of hydrogen-bond donors (Lipinski definition) is 2. The maximum atomic E-state index is 12.4. The number of methoxy groups -OCH3 is 1. The molecule has 0 radical (unpaired) electrons. The number of amides is 2. The number of unbranched alkanes of at least 4 members (excludes halogenated alkanes) is 4. The summed E-state index contributed by atoms with van der Waals surface area (Å²) in [6, 6.07) is 5.41. The molecule has 6 nitrogen and oxygen atoms in total. The van der Waals surface area contributed by atoms with Gasteiger partial charge in [-0.1, -0.05) is 32.6 Å². The number of carbonyl (C=O) groups is 2. The van der Waals surface area contributed by atoms with Crippen molar-refractivity contribution in [3.8, 4) is 0 Å². The highest BCUT2D eigenvalue weighted by Gasteiger charge is 2.14. The third kappa shape index (κ3) is 7.87. The Bertz CT molecular complexity index is 573. The molecule has 0 aromatic heterocycles. The van der Waals surface area contributed by atoms with E-state index >= 15 is 0 Å². The van der Waals surface area contributed by atoms with Gasteiger partial charge in [-0.15, -0.1) is 0 Å². The van der Waals surface area contributed by atoms with Crippen LogP contribution in [-0.2, 0) is 9.53 Å². The van der Waals surface area contributed by atoms with Crippen molar-refractivity contribution >= 4 is 23.2 Å². The molecule has 0 saturated heterocycles. The van der Waals surface area contributed by atoms with Gasteiger partial charge in [-0.2, -0.15) is 0 Å². The van der Waals surface area contributed by atoms with Crippen LogP contribution in [0.25, 0.3) is 0 Å². The third-order valence-corrected chi connectivity index (χ3v) is 4.11. The average Bonchev–Trinajstić information content (AvgIpc) is 2.61. The molecular weight excluding hydrogens is 330 g/mol. The van der Waals surface area contributed by atoms with E-state index in [1.165, 1.54) is 19.3 Å². The highest BCUT2D eigenvalue weighted by Crippen LogP contribution is 2.23. The number of benzene rings is 1. The zero-order valence-corrected chi connectivity index (χ0v) is 16.6. The van der Waals surface area contributed by atoms with E-state index in [0.29, 0.717) is 30.8 Å². The minimum atomic E-state index is -0.179.